The Morgan fingerprint density at radius 3 is 1.65 bits per heavy atom. The lowest BCUT2D eigenvalue weighted by Gasteiger charge is -2.07. The Morgan fingerprint density at radius 2 is 1.10 bits per heavy atom. The number of hydrogen-bond donors (Lipinski definition) is 0. The van der Waals surface area contributed by atoms with Gasteiger partial charge in [-0.2, -0.15) is 0 Å². The van der Waals surface area contributed by atoms with Crippen molar-refractivity contribution in [2.45, 2.75) is 104 Å². The lowest BCUT2D eigenvalue weighted by molar-refractivity contribution is 0.291. The quantitative estimate of drug-likeness (QED) is 0.242. The average Bonchev–Trinajstić information content (AvgIpc) is 2.45. The van der Waals surface area contributed by atoms with Gasteiger partial charge in [-0.25, -0.2) is 0 Å². The second-order valence-corrected chi connectivity index (χ2v) is 6.31. The normalized spacial score (nSPS) is 10.7. The van der Waals surface area contributed by atoms with E-state index in [1.165, 1.54) is 83.5 Å². The smallest absolute Gasteiger partial charge is 0.159 e. The van der Waals surface area contributed by atoms with Gasteiger partial charge in [0, 0.05) is 6.42 Å². The fourth-order valence-electron chi connectivity index (χ4n) is 2.37. The summed E-state index contributed by atoms with van der Waals surface area (Å²) in [5.41, 5.74) is 0. The minimum atomic E-state index is 0.828. The molecule has 0 aromatic carbocycles. The van der Waals surface area contributed by atoms with Crippen LogP contribution in [0.2, 0.25) is 0 Å². The van der Waals surface area contributed by atoms with E-state index in [9.17, 15) is 0 Å². The fourth-order valence-corrected chi connectivity index (χ4v) is 2.59. The van der Waals surface area contributed by atoms with Crippen molar-refractivity contribution in [3.63, 3.8) is 0 Å². The van der Waals surface area contributed by atoms with Crippen molar-refractivity contribution >= 4 is 17.3 Å². The lowest BCUT2D eigenvalue weighted by atomic mass is 10.1. The van der Waals surface area contributed by atoms with Gasteiger partial charge in [-0.1, -0.05) is 84.5 Å². The molecule has 20 heavy (non-hydrogen) atoms. The first kappa shape index (κ1) is 19.9. The predicted molar refractivity (Wildman–Crippen MR) is 94.5 cm³/mol. The van der Waals surface area contributed by atoms with E-state index >= 15 is 0 Å². The first-order valence-corrected chi connectivity index (χ1v) is 9.37. The van der Waals surface area contributed by atoms with Crippen LogP contribution in [0.4, 0.5) is 0 Å². The van der Waals surface area contributed by atoms with Gasteiger partial charge in [-0.05, 0) is 25.1 Å². The van der Waals surface area contributed by atoms with Gasteiger partial charge in [0.2, 0.25) is 0 Å². The van der Waals surface area contributed by atoms with Gasteiger partial charge in [0.25, 0.3) is 0 Å². The highest BCUT2D eigenvalue weighted by atomic mass is 32.1. The maximum atomic E-state index is 5.59. The Kier molecular flexibility index (Phi) is 16.8. The van der Waals surface area contributed by atoms with Crippen LogP contribution in [0.25, 0.3) is 0 Å². The summed E-state index contributed by atoms with van der Waals surface area (Å²) >= 11 is 5.22. The molecular formula is C18H36OS. The van der Waals surface area contributed by atoms with Gasteiger partial charge < -0.3 is 4.74 Å². The van der Waals surface area contributed by atoms with Gasteiger partial charge in [-0.15, -0.1) is 0 Å². The number of rotatable bonds is 15. The highest BCUT2D eigenvalue weighted by Gasteiger charge is 1.98. The fraction of sp³-hybridized carbons (Fsp3) is 0.944. The summed E-state index contributed by atoms with van der Waals surface area (Å²) in [4.78, 5) is 0. The molecule has 0 amide bonds. The van der Waals surface area contributed by atoms with Crippen LogP contribution in [0.3, 0.4) is 0 Å². The summed E-state index contributed by atoms with van der Waals surface area (Å²) in [6.07, 6.45) is 18.4. The minimum Gasteiger partial charge on any atom is -0.487 e. The van der Waals surface area contributed by atoms with Crippen LogP contribution in [0.15, 0.2) is 0 Å². The first-order valence-electron chi connectivity index (χ1n) is 8.96. The average molecular weight is 301 g/mol. The largest absolute Gasteiger partial charge is 0.487 e. The predicted octanol–water partition coefficient (Wildman–Crippen LogP) is 6.83. The van der Waals surface area contributed by atoms with Crippen LogP contribution < -0.4 is 0 Å². The summed E-state index contributed by atoms with van der Waals surface area (Å²) in [7, 11) is 0. The highest BCUT2D eigenvalue weighted by molar-refractivity contribution is 7.80. The van der Waals surface area contributed by atoms with Crippen molar-refractivity contribution in [2.75, 3.05) is 6.61 Å². The topological polar surface area (TPSA) is 9.23 Å². The summed E-state index contributed by atoms with van der Waals surface area (Å²) in [5.74, 6) is 0. The third kappa shape index (κ3) is 15.9. The molecule has 0 aromatic rings. The Hall–Kier alpha value is -0.110. The van der Waals surface area contributed by atoms with E-state index in [0.717, 1.165) is 18.1 Å². The standard InChI is InChI=1S/C18H36OS/c1-3-5-7-8-9-10-11-12-13-15-17-19-18(20)16-14-6-4-2/h3-17H2,1-2H3. The molecule has 0 radical (unpaired) electrons. The number of ether oxygens (including phenoxy) is 1. The van der Waals surface area contributed by atoms with Crippen molar-refractivity contribution < 1.29 is 4.74 Å². The van der Waals surface area contributed by atoms with Crippen LogP contribution in [0.1, 0.15) is 104 Å². The zero-order valence-electron chi connectivity index (χ0n) is 13.9. The maximum Gasteiger partial charge on any atom is 0.159 e. The second-order valence-electron chi connectivity index (χ2n) is 5.86. The van der Waals surface area contributed by atoms with E-state index in [2.05, 4.69) is 13.8 Å². The molecular weight excluding hydrogens is 264 g/mol. The van der Waals surface area contributed by atoms with E-state index < -0.39 is 0 Å². The Morgan fingerprint density at radius 1 is 0.650 bits per heavy atom. The van der Waals surface area contributed by atoms with Crippen molar-refractivity contribution in [1.29, 1.82) is 0 Å². The van der Waals surface area contributed by atoms with E-state index in [4.69, 9.17) is 17.0 Å². The van der Waals surface area contributed by atoms with Crippen LogP contribution in [0.5, 0.6) is 0 Å². The molecule has 0 saturated heterocycles. The summed E-state index contributed by atoms with van der Waals surface area (Å²) in [6.45, 7) is 5.33. The Labute approximate surface area is 132 Å². The molecule has 0 rings (SSSR count). The number of hydrogen-bond acceptors (Lipinski definition) is 2. The van der Waals surface area contributed by atoms with Gasteiger partial charge in [0.1, 0.15) is 0 Å². The summed E-state index contributed by atoms with van der Waals surface area (Å²) in [5, 5.41) is 0.828. The third-order valence-corrected chi connectivity index (χ3v) is 4.07. The molecule has 0 heterocycles. The SMILES string of the molecule is CCCCCCCCCCCCOC(=S)CCCCC. The molecule has 0 bridgehead atoms. The molecule has 0 aliphatic heterocycles. The summed E-state index contributed by atoms with van der Waals surface area (Å²) in [6, 6.07) is 0. The van der Waals surface area contributed by atoms with Gasteiger partial charge in [0.05, 0.1) is 6.61 Å². The van der Waals surface area contributed by atoms with Crippen molar-refractivity contribution in [2.24, 2.45) is 0 Å². The van der Waals surface area contributed by atoms with Crippen LogP contribution >= 0.6 is 12.2 Å². The van der Waals surface area contributed by atoms with Crippen LogP contribution in [-0.4, -0.2) is 11.7 Å². The molecule has 0 aromatic heterocycles. The second kappa shape index (κ2) is 16.9. The monoisotopic (exact) mass is 300 g/mol. The van der Waals surface area contributed by atoms with Gasteiger partial charge in [0.15, 0.2) is 5.05 Å². The maximum absolute atomic E-state index is 5.59. The lowest BCUT2D eigenvalue weighted by Crippen LogP contribution is -2.03. The number of unbranched alkanes of at least 4 members (excludes halogenated alkanes) is 11. The molecule has 2 heteroatoms. The van der Waals surface area contributed by atoms with Gasteiger partial charge in [-0.3, -0.25) is 0 Å². The zero-order chi connectivity index (χ0) is 14.9. The molecule has 0 atom stereocenters. The molecule has 0 unspecified atom stereocenters. The molecule has 1 nitrogen and oxygen atoms in total. The van der Waals surface area contributed by atoms with Crippen molar-refractivity contribution in [3.05, 3.63) is 0 Å². The van der Waals surface area contributed by atoms with E-state index in [1.807, 2.05) is 0 Å². The van der Waals surface area contributed by atoms with Crippen molar-refractivity contribution in [3.8, 4) is 0 Å². The third-order valence-electron chi connectivity index (χ3n) is 3.75. The molecule has 0 saturated carbocycles. The van der Waals surface area contributed by atoms with Crippen LogP contribution in [0, 0.1) is 0 Å². The van der Waals surface area contributed by atoms with E-state index in [-0.39, 0.29) is 0 Å². The van der Waals surface area contributed by atoms with Crippen LogP contribution in [-0.2, 0) is 4.74 Å². The molecule has 0 N–H and O–H groups in total. The van der Waals surface area contributed by atoms with Gasteiger partial charge >= 0.3 is 0 Å². The first-order chi connectivity index (χ1) is 9.81. The molecule has 0 spiro atoms. The minimum absolute atomic E-state index is 0.828. The number of thiocarbonyl (C=S) groups is 1. The molecule has 120 valence electrons. The van der Waals surface area contributed by atoms with E-state index in [0.29, 0.717) is 0 Å². The molecule has 0 aliphatic rings. The zero-order valence-corrected chi connectivity index (χ0v) is 14.7. The highest BCUT2D eigenvalue weighted by Crippen LogP contribution is 2.10. The molecule has 0 aliphatic carbocycles. The molecule has 0 fully saturated rings. The van der Waals surface area contributed by atoms with Crippen molar-refractivity contribution in [1.82, 2.24) is 0 Å². The van der Waals surface area contributed by atoms with E-state index in [1.54, 1.807) is 0 Å². The Balaban J connectivity index is 3.07. The Bertz CT molecular complexity index is 204. The summed E-state index contributed by atoms with van der Waals surface area (Å²) < 4.78 is 5.59.